The molecule has 1 aliphatic heterocycles. The molecule has 0 aliphatic carbocycles. The molecular weight excluding hydrogens is 386 g/mol. The summed E-state index contributed by atoms with van der Waals surface area (Å²) < 4.78 is 13.0. The van der Waals surface area contributed by atoms with Crippen molar-refractivity contribution in [1.82, 2.24) is 19.5 Å². The second-order valence-corrected chi connectivity index (χ2v) is 6.42. The van der Waals surface area contributed by atoms with Gasteiger partial charge in [-0.2, -0.15) is 4.98 Å². The van der Waals surface area contributed by atoms with Crippen LogP contribution in [0.5, 0.6) is 5.88 Å². The second-order valence-electron chi connectivity index (χ2n) is 6.42. The van der Waals surface area contributed by atoms with E-state index in [2.05, 4.69) is 15.0 Å². The molecule has 29 heavy (non-hydrogen) atoms. The summed E-state index contributed by atoms with van der Waals surface area (Å²) in [4.78, 5) is 22.5. The van der Waals surface area contributed by atoms with Gasteiger partial charge in [-0.05, 0) is 6.07 Å². The second kappa shape index (κ2) is 7.67. The SMILES string of the molecule is O=[N+]([O-])c1ccccc1CO[C@@H]1[C@H](O)[C@@H](CO)O[C@H]1n1cnc2c(O)ncnc21. The molecule has 1 aromatic carbocycles. The number of hydrogen-bond donors (Lipinski definition) is 3. The first-order valence-electron chi connectivity index (χ1n) is 8.66. The number of aliphatic hydroxyl groups excluding tert-OH is 2. The first-order valence-corrected chi connectivity index (χ1v) is 8.66. The minimum atomic E-state index is -1.21. The van der Waals surface area contributed by atoms with Crippen molar-refractivity contribution in [2.45, 2.75) is 31.1 Å². The Bertz CT molecular complexity index is 1040. The topological polar surface area (TPSA) is 166 Å². The van der Waals surface area contributed by atoms with Crippen LogP contribution in [0.4, 0.5) is 5.69 Å². The van der Waals surface area contributed by atoms with Crippen LogP contribution in [0.3, 0.4) is 0 Å². The summed E-state index contributed by atoms with van der Waals surface area (Å²) in [5.41, 5.74) is 0.594. The molecular formula is C17H17N5O7. The van der Waals surface area contributed by atoms with Gasteiger partial charge in [0.1, 0.15) is 24.6 Å². The van der Waals surface area contributed by atoms with Crippen LogP contribution in [-0.4, -0.2) is 64.7 Å². The van der Waals surface area contributed by atoms with E-state index in [9.17, 15) is 25.4 Å². The molecule has 3 aromatic rings. The fourth-order valence-corrected chi connectivity index (χ4v) is 3.30. The van der Waals surface area contributed by atoms with E-state index in [0.29, 0.717) is 5.56 Å². The summed E-state index contributed by atoms with van der Waals surface area (Å²) >= 11 is 0. The van der Waals surface area contributed by atoms with Crippen molar-refractivity contribution in [1.29, 1.82) is 0 Å². The standard InChI is InChI=1S/C17H17N5O7/c23-5-11-13(24)14(28-6-9-3-1-2-4-10(9)22(26)27)17(29-11)21-8-20-12-15(21)18-7-19-16(12)25/h1-4,7-8,11,13-14,17,23-24H,5-6H2,(H,18,19,25)/t11-,13-,14-,17-/m1/s1. The van der Waals surface area contributed by atoms with E-state index >= 15 is 0 Å². The number of aliphatic hydroxyl groups is 2. The number of fused-ring (bicyclic) bond motifs is 1. The van der Waals surface area contributed by atoms with E-state index in [-0.39, 0.29) is 29.3 Å². The van der Waals surface area contributed by atoms with Crippen molar-refractivity contribution in [3.63, 3.8) is 0 Å². The van der Waals surface area contributed by atoms with Crippen LogP contribution < -0.4 is 0 Å². The quantitative estimate of drug-likeness (QED) is 0.384. The lowest BCUT2D eigenvalue weighted by Gasteiger charge is -2.22. The van der Waals surface area contributed by atoms with Crippen LogP contribution in [0.25, 0.3) is 11.2 Å². The van der Waals surface area contributed by atoms with Gasteiger partial charge in [-0.25, -0.2) is 9.97 Å². The van der Waals surface area contributed by atoms with E-state index in [1.807, 2.05) is 0 Å². The normalized spacial score (nSPS) is 24.2. The number of aromatic hydroxyl groups is 1. The Morgan fingerprint density at radius 2 is 2.07 bits per heavy atom. The van der Waals surface area contributed by atoms with Crippen LogP contribution in [0.15, 0.2) is 36.9 Å². The third-order valence-corrected chi connectivity index (χ3v) is 4.73. The van der Waals surface area contributed by atoms with Gasteiger partial charge < -0.3 is 24.8 Å². The average Bonchev–Trinajstić information content (AvgIpc) is 3.28. The summed E-state index contributed by atoms with van der Waals surface area (Å²) in [7, 11) is 0. The smallest absolute Gasteiger partial charge is 0.274 e. The van der Waals surface area contributed by atoms with Gasteiger partial charge in [0.15, 0.2) is 17.4 Å². The van der Waals surface area contributed by atoms with Gasteiger partial charge in [-0.1, -0.05) is 12.1 Å². The van der Waals surface area contributed by atoms with Crippen molar-refractivity contribution < 1.29 is 29.7 Å². The molecule has 1 aliphatic rings. The molecule has 12 nitrogen and oxygen atoms in total. The number of nitrogens with zero attached hydrogens (tertiary/aromatic N) is 5. The monoisotopic (exact) mass is 403 g/mol. The Morgan fingerprint density at radius 1 is 1.28 bits per heavy atom. The van der Waals surface area contributed by atoms with Gasteiger partial charge in [0, 0.05) is 6.07 Å². The van der Waals surface area contributed by atoms with Crippen LogP contribution in [-0.2, 0) is 16.1 Å². The molecule has 1 saturated heterocycles. The number of ether oxygens (including phenoxy) is 2. The van der Waals surface area contributed by atoms with Crippen LogP contribution in [0.2, 0.25) is 0 Å². The molecule has 0 spiro atoms. The van der Waals surface area contributed by atoms with Gasteiger partial charge in [0.2, 0.25) is 5.88 Å². The highest BCUT2D eigenvalue weighted by atomic mass is 16.6. The number of nitro groups is 1. The van der Waals surface area contributed by atoms with Crippen LogP contribution in [0, 0.1) is 10.1 Å². The zero-order chi connectivity index (χ0) is 20.5. The summed E-state index contributed by atoms with van der Waals surface area (Å²) in [5, 5.41) is 41.1. The van der Waals surface area contributed by atoms with Gasteiger partial charge in [0.25, 0.3) is 5.69 Å². The number of aromatic nitrogens is 4. The molecule has 0 unspecified atom stereocenters. The number of hydrogen-bond acceptors (Lipinski definition) is 10. The van der Waals surface area contributed by atoms with E-state index in [4.69, 9.17) is 9.47 Å². The number of imidazole rings is 1. The Hall–Kier alpha value is -3.19. The summed E-state index contributed by atoms with van der Waals surface area (Å²) in [6, 6.07) is 6.10. The minimum Gasteiger partial charge on any atom is -0.492 e. The molecule has 1 fully saturated rings. The molecule has 0 saturated carbocycles. The first-order chi connectivity index (χ1) is 14.0. The Morgan fingerprint density at radius 3 is 2.83 bits per heavy atom. The lowest BCUT2D eigenvalue weighted by molar-refractivity contribution is -0.386. The first kappa shape index (κ1) is 19.1. The molecule has 12 heteroatoms. The number of rotatable bonds is 6. The van der Waals surface area contributed by atoms with Crippen LogP contribution in [0.1, 0.15) is 11.8 Å². The third-order valence-electron chi connectivity index (χ3n) is 4.73. The van der Waals surface area contributed by atoms with Crippen molar-refractivity contribution in [2.24, 2.45) is 0 Å². The van der Waals surface area contributed by atoms with Crippen molar-refractivity contribution in [2.75, 3.05) is 6.61 Å². The molecule has 0 radical (unpaired) electrons. The summed E-state index contributed by atoms with van der Waals surface area (Å²) in [6.07, 6.45) is -1.58. The maximum atomic E-state index is 11.2. The fraction of sp³-hybridized carbons (Fsp3) is 0.353. The number of benzene rings is 1. The van der Waals surface area contributed by atoms with E-state index in [1.54, 1.807) is 18.2 Å². The molecule has 0 amide bonds. The number of nitro benzene ring substituents is 1. The maximum absolute atomic E-state index is 11.2. The van der Waals surface area contributed by atoms with Gasteiger partial charge in [0.05, 0.1) is 30.0 Å². The molecule has 3 N–H and O–H groups in total. The zero-order valence-corrected chi connectivity index (χ0v) is 14.9. The molecule has 3 heterocycles. The highest BCUT2D eigenvalue weighted by Crippen LogP contribution is 2.35. The largest absolute Gasteiger partial charge is 0.492 e. The highest BCUT2D eigenvalue weighted by molar-refractivity contribution is 5.75. The predicted octanol–water partition coefficient (Wildman–Crippen LogP) is 0.276. The molecule has 0 bridgehead atoms. The van der Waals surface area contributed by atoms with Crippen molar-refractivity contribution in [3.05, 3.63) is 52.6 Å². The van der Waals surface area contributed by atoms with Crippen molar-refractivity contribution >= 4 is 16.9 Å². The van der Waals surface area contributed by atoms with Gasteiger partial charge >= 0.3 is 0 Å². The molecule has 4 atom stereocenters. The summed E-state index contributed by atoms with van der Waals surface area (Å²) in [6.45, 7) is -0.625. The van der Waals surface area contributed by atoms with E-state index in [1.165, 1.54) is 17.0 Å². The Balaban J connectivity index is 1.64. The molecule has 4 rings (SSSR count). The average molecular weight is 403 g/mol. The van der Waals surface area contributed by atoms with E-state index in [0.717, 1.165) is 6.33 Å². The lowest BCUT2D eigenvalue weighted by Crippen LogP contribution is -2.35. The van der Waals surface area contributed by atoms with E-state index < -0.39 is 36.1 Å². The fourth-order valence-electron chi connectivity index (χ4n) is 3.30. The molecule has 152 valence electrons. The Labute approximate surface area is 163 Å². The number of para-hydroxylation sites is 1. The Kier molecular flexibility index (Phi) is 5.07. The third kappa shape index (κ3) is 3.38. The summed E-state index contributed by atoms with van der Waals surface area (Å²) in [5.74, 6) is -0.316. The highest BCUT2D eigenvalue weighted by Gasteiger charge is 2.46. The van der Waals surface area contributed by atoms with Gasteiger partial charge in [-0.3, -0.25) is 14.7 Å². The lowest BCUT2D eigenvalue weighted by atomic mass is 10.1. The van der Waals surface area contributed by atoms with Crippen LogP contribution >= 0.6 is 0 Å². The molecule has 2 aromatic heterocycles. The maximum Gasteiger partial charge on any atom is 0.274 e. The zero-order valence-electron chi connectivity index (χ0n) is 14.9. The predicted molar refractivity (Wildman–Crippen MR) is 95.7 cm³/mol. The minimum absolute atomic E-state index is 0.109. The van der Waals surface area contributed by atoms with Gasteiger partial charge in [-0.15, -0.1) is 0 Å². The van der Waals surface area contributed by atoms with Crippen molar-refractivity contribution in [3.8, 4) is 5.88 Å².